The zero-order chi connectivity index (χ0) is 14.4. The van der Waals surface area contributed by atoms with E-state index in [0.29, 0.717) is 12.1 Å². The Balaban J connectivity index is 1.83. The van der Waals surface area contributed by atoms with Gasteiger partial charge in [-0.05, 0) is 18.9 Å². The lowest BCUT2D eigenvalue weighted by molar-refractivity contribution is -0.130. The highest BCUT2D eigenvalue weighted by Gasteiger charge is 2.23. The van der Waals surface area contributed by atoms with Gasteiger partial charge in [0.2, 0.25) is 11.8 Å². The normalized spacial score (nSPS) is 19.0. The van der Waals surface area contributed by atoms with Gasteiger partial charge in [-0.2, -0.15) is 0 Å². The van der Waals surface area contributed by atoms with E-state index in [1.807, 2.05) is 0 Å². The number of nitrogens with one attached hydrogen (secondary N) is 2. The summed E-state index contributed by atoms with van der Waals surface area (Å²) in [6.07, 6.45) is 2.91. The van der Waals surface area contributed by atoms with Crippen LogP contribution in [0.5, 0.6) is 5.75 Å². The number of hydrogen-bond donors (Lipinski definition) is 3. The fraction of sp³-hybridized carbons (Fsp3) is 0.467. The van der Waals surface area contributed by atoms with Gasteiger partial charge in [0.1, 0.15) is 5.75 Å². The van der Waals surface area contributed by atoms with Gasteiger partial charge in [-0.1, -0.05) is 24.6 Å². The van der Waals surface area contributed by atoms with Gasteiger partial charge in [0, 0.05) is 31.0 Å². The molecule has 2 amide bonds. The Morgan fingerprint density at radius 2 is 2.15 bits per heavy atom. The van der Waals surface area contributed by atoms with E-state index in [0.717, 1.165) is 19.3 Å². The summed E-state index contributed by atoms with van der Waals surface area (Å²) >= 11 is 0. The summed E-state index contributed by atoms with van der Waals surface area (Å²) < 4.78 is 0. The minimum atomic E-state index is -0.234. The molecule has 1 aliphatic heterocycles. The molecule has 1 aromatic rings. The number of carbonyl (C=O) groups is 2. The lowest BCUT2D eigenvalue weighted by Crippen LogP contribution is -2.33. The van der Waals surface area contributed by atoms with Crippen molar-refractivity contribution in [1.82, 2.24) is 10.6 Å². The van der Waals surface area contributed by atoms with E-state index in [-0.39, 0.29) is 36.4 Å². The summed E-state index contributed by atoms with van der Waals surface area (Å²) in [7, 11) is 0. The highest BCUT2D eigenvalue weighted by atomic mass is 16.3. The number of phenols is 1. The SMILES string of the molecule is O=C(C[C@H]1CCCCNC1=O)NCc1ccccc1O. The molecule has 5 nitrogen and oxygen atoms in total. The molecule has 0 radical (unpaired) electrons. The first-order valence-corrected chi connectivity index (χ1v) is 6.98. The van der Waals surface area contributed by atoms with Crippen molar-refractivity contribution in [1.29, 1.82) is 0 Å². The van der Waals surface area contributed by atoms with Crippen molar-refractivity contribution in [2.24, 2.45) is 5.92 Å². The van der Waals surface area contributed by atoms with Gasteiger partial charge in [0.05, 0.1) is 0 Å². The number of amides is 2. The number of para-hydroxylation sites is 1. The van der Waals surface area contributed by atoms with Crippen molar-refractivity contribution in [2.45, 2.75) is 32.2 Å². The van der Waals surface area contributed by atoms with Crippen LogP contribution in [0.15, 0.2) is 24.3 Å². The van der Waals surface area contributed by atoms with E-state index in [2.05, 4.69) is 10.6 Å². The molecule has 0 bridgehead atoms. The molecular formula is C15H20N2O3. The first-order valence-electron chi connectivity index (χ1n) is 6.98. The standard InChI is InChI=1S/C15H20N2O3/c18-13-7-2-1-6-12(13)10-17-14(19)9-11-5-3-4-8-16-15(11)20/h1-2,6-7,11,18H,3-5,8-10H2,(H,16,20)(H,17,19)/t11-/m1/s1. The van der Waals surface area contributed by atoms with Crippen molar-refractivity contribution < 1.29 is 14.7 Å². The lowest BCUT2D eigenvalue weighted by atomic mass is 9.98. The highest BCUT2D eigenvalue weighted by Crippen LogP contribution is 2.17. The minimum Gasteiger partial charge on any atom is -0.508 e. The topological polar surface area (TPSA) is 78.4 Å². The first kappa shape index (κ1) is 14.4. The summed E-state index contributed by atoms with van der Waals surface area (Å²) in [6.45, 7) is 0.981. The molecule has 108 valence electrons. The molecule has 1 atom stereocenters. The van der Waals surface area contributed by atoms with Gasteiger partial charge >= 0.3 is 0 Å². The largest absolute Gasteiger partial charge is 0.508 e. The zero-order valence-corrected chi connectivity index (χ0v) is 11.4. The maximum absolute atomic E-state index is 11.9. The van der Waals surface area contributed by atoms with Crippen molar-refractivity contribution in [2.75, 3.05) is 6.54 Å². The summed E-state index contributed by atoms with van der Waals surface area (Å²) in [5, 5.41) is 15.2. The number of carbonyl (C=O) groups excluding carboxylic acids is 2. The molecule has 0 aliphatic carbocycles. The average molecular weight is 276 g/mol. The molecule has 3 N–H and O–H groups in total. The molecule has 5 heteroatoms. The Labute approximate surface area is 118 Å². The van der Waals surface area contributed by atoms with Crippen LogP contribution in [0.25, 0.3) is 0 Å². The second kappa shape index (κ2) is 6.93. The number of rotatable bonds is 4. The Kier molecular flexibility index (Phi) is 4.98. The Bertz CT molecular complexity index is 488. The van der Waals surface area contributed by atoms with Crippen molar-refractivity contribution >= 4 is 11.8 Å². The van der Waals surface area contributed by atoms with Gasteiger partial charge in [-0.3, -0.25) is 9.59 Å². The lowest BCUT2D eigenvalue weighted by Gasteiger charge is -2.13. The Morgan fingerprint density at radius 1 is 1.35 bits per heavy atom. The summed E-state index contributed by atoms with van der Waals surface area (Å²) in [5.41, 5.74) is 0.672. The Morgan fingerprint density at radius 3 is 2.95 bits per heavy atom. The van der Waals surface area contributed by atoms with Gasteiger partial charge in [0.25, 0.3) is 0 Å². The molecule has 1 aromatic carbocycles. The smallest absolute Gasteiger partial charge is 0.223 e. The van der Waals surface area contributed by atoms with E-state index < -0.39 is 0 Å². The van der Waals surface area contributed by atoms with Crippen LogP contribution in [0, 0.1) is 5.92 Å². The monoisotopic (exact) mass is 276 g/mol. The third kappa shape index (κ3) is 3.98. The van der Waals surface area contributed by atoms with E-state index in [9.17, 15) is 14.7 Å². The third-order valence-corrected chi connectivity index (χ3v) is 3.55. The molecule has 2 rings (SSSR count). The molecular weight excluding hydrogens is 256 g/mol. The maximum atomic E-state index is 11.9. The van der Waals surface area contributed by atoms with Gasteiger partial charge in [-0.15, -0.1) is 0 Å². The van der Waals surface area contributed by atoms with Gasteiger partial charge < -0.3 is 15.7 Å². The number of phenolic OH excluding ortho intramolecular Hbond substituents is 1. The predicted molar refractivity (Wildman–Crippen MR) is 74.9 cm³/mol. The molecule has 1 aliphatic rings. The van der Waals surface area contributed by atoms with Crippen LogP contribution in [0.2, 0.25) is 0 Å². The molecule has 1 fully saturated rings. The van der Waals surface area contributed by atoms with Gasteiger partial charge in [0.15, 0.2) is 0 Å². The molecule has 1 saturated heterocycles. The average Bonchev–Trinajstić information content (AvgIpc) is 2.63. The molecule has 0 aromatic heterocycles. The molecule has 0 saturated carbocycles. The molecule has 20 heavy (non-hydrogen) atoms. The zero-order valence-electron chi connectivity index (χ0n) is 11.4. The first-order chi connectivity index (χ1) is 9.66. The quantitative estimate of drug-likeness (QED) is 0.776. The van der Waals surface area contributed by atoms with Crippen LogP contribution < -0.4 is 10.6 Å². The molecule has 0 spiro atoms. The van der Waals surface area contributed by atoms with E-state index in [1.54, 1.807) is 24.3 Å². The maximum Gasteiger partial charge on any atom is 0.223 e. The van der Waals surface area contributed by atoms with Gasteiger partial charge in [-0.25, -0.2) is 0 Å². The van der Waals surface area contributed by atoms with Crippen molar-refractivity contribution in [3.8, 4) is 5.75 Å². The summed E-state index contributed by atoms with van der Waals surface area (Å²) in [4.78, 5) is 23.6. The highest BCUT2D eigenvalue weighted by molar-refractivity contribution is 5.85. The summed E-state index contributed by atoms with van der Waals surface area (Å²) in [6, 6.07) is 6.88. The van der Waals surface area contributed by atoms with Crippen LogP contribution >= 0.6 is 0 Å². The number of aromatic hydroxyl groups is 1. The number of benzene rings is 1. The van der Waals surface area contributed by atoms with Crippen LogP contribution in [-0.4, -0.2) is 23.5 Å². The second-order valence-electron chi connectivity index (χ2n) is 5.09. The third-order valence-electron chi connectivity index (χ3n) is 3.55. The van der Waals surface area contributed by atoms with E-state index >= 15 is 0 Å². The van der Waals surface area contributed by atoms with E-state index in [1.165, 1.54) is 0 Å². The number of hydrogen-bond acceptors (Lipinski definition) is 3. The fourth-order valence-electron chi connectivity index (χ4n) is 2.35. The Hall–Kier alpha value is -2.04. The van der Waals surface area contributed by atoms with Crippen LogP contribution in [0.4, 0.5) is 0 Å². The second-order valence-corrected chi connectivity index (χ2v) is 5.09. The predicted octanol–water partition coefficient (Wildman–Crippen LogP) is 1.31. The van der Waals surface area contributed by atoms with Crippen LogP contribution in [-0.2, 0) is 16.1 Å². The van der Waals surface area contributed by atoms with Crippen molar-refractivity contribution in [3.63, 3.8) is 0 Å². The molecule has 1 heterocycles. The van der Waals surface area contributed by atoms with Crippen LogP contribution in [0.3, 0.4) is 0 Å². The van der Waals surface area contributed by atoms with E-state index in [4.69, 9.17) is 0 Å². The fourth-order valence-corrected chi connectivity index (χ4v) is 2.35. The summed E-state index contributed by atoms with van der Waals surface area (Å²) in [5.74, 6) is -0.252. The van der Waals surface area contributed by atoms with Crippen molar-refractivity contribution in [3.05, 3.63) is 29.8 Å². The molecule has 0 unspecified atom stereocenters. The van der Waals surface area contributed by atoms with Crippen LogP contribution in [0.1, 0.15) is 31.2 Å². The minimum absolute atomic E-state index is 0.0276.